The molecule has 1 fully saturated rings. The molecule has 0 aromatic carbocycles. The molecular formula is C15H20ClN5. The van der Waals surface area contributed by atoms with E-state index in [9.17, 15) is 0 Å². The Bertz CT molecular complexity index is 624. The molecule has 3 rings (SSSR count). The number of likely N-dealkylation sites (N-methyl/N-ethyl adjacent to an activating group) is 1. The summed E-state index contributed by atoms with van der Waals surface area (Å²) in [5, 5.41) is 0.487. The molecule has 0 spiro atoms. The van der Waals surface area contributed by atoms with Crippen LogP contribution in [0.25, 0.3) is 5.95 Å². The van der Waals surface area contributed by atoms with Crippen molar-refractivity contribution in [2.24, 2.45) is 0 Å². The molecule has 1 saturated heterocycles. The van der Waals surface area contributed by atoms with Crippen LogP contribution in [0, 0.1) is 13.8 Å². The molecule has 2 aromatic heterocycles. The summed E-state index contributed by atoms with van der Waals surface area (Å²) in [6, 6.07) is 5.98. The molecule has 1 aliphatic rings. The van der Waals surface area contributed by atoms with E-state index in [1.54, 1.807) is 0 Å². The van der Waals surface area contributed by atoms with Crippen LogP contribution in [0.3, 0.4) is 0 Å². The molecule has 0 atom stereocenters. The second kappa shape index (κ2) is 5.66. The molecule has 3 heterocycles. The summed E-state index contributed by atoms with van der Waals surface area (Å²) < 4.78 is 2.03. The summed E-state index contributed by atoms with van der Waals surface area (Å²) in [5.74, 6) is 1.56. The molecule has 21 heavy (non-hydrogen) atoms. The topological polar surface area (TPSA) is 37.2 Å². The summed E-state index contributed by atoms with van der Waals surface area (Å²) in [5.41, 5.74) is 2.22. The predicted octanol–water partition coefficient (Wildman–Crippen LogP) is 2.29. The highest BCUT2D eigenvalue weighted by Gasteiger charge is 2.18. The van der Waals surface area contributed by atoms with E-state index in [4.69, 9.17) is 16.6 Å². The summed E-state index contributed by atoms with van der Waals surface area (Å²) in [7, 11) is 2.14. The average Bonchev–Trinajstić information content (AvgIpc) is 2.78. The van der Waals surface area contributed by atoms with Crippen molar-refractivity contribution in [2.45, 2.75) is 13.8 Å². The molecule has 0 unspecified atom stereocenters. The number of anilines is 1. The van der Waals surface area contributed by atoms with Crippen LogP contribution < -0.4 is 4.90 Å². The number of halogens is 1. The standard InChI is InChI=1S/C15H20ClN5/c1-11-4-5-12(2)21(11)15-17-13(16)10-14(18-15)20-8-6-19(3)7-9-20/h4-5,10H,6-9H2,1-3H3. The largest absolute Gasteiger partial charge is 0.354 e. The van der Waals surface area contributed by atoms with E-state index in [2.05, 4.69) is 34.0 Å². The van der Waals surface area contributed by atoms with Crippen LogP contribution in [0.5, 0.6) is 0 Å². The maximum atomic E-state index is 6.22. The van der Waals surface area contributed by atoms with Gasteiger partial charge >= 0.3 is 0 Å². The van der Waals surface area contributed by atoms with E-state index in [1.165, 1.54) is 0 Å². The van der Waals surface area contributed by atoms with Gasteiger partial charge in [0.1, 0.15) is 11.0 Å². The lowest BCUT2D eigenvalue weighted by molar-refractivity contribution is 0.312. The Morgan fingerprint density at radius 3 is 2.24 bits per heavy atom. The molecule has 0 amide bonds. The minimum absolute atomic E-state index is 0.487. The van der Waals surface area contributed by atoms with Gasteiger partial charge in [0, 0.05) is 43.6 Å². The van der Waals surface area contributed by atoms with E-state index in [0.717, 1.165) is 43.4 Å². The maximum Gasteiger partial charge on any atom is 0.237 e. The number of hydrogen-bond donors (Lipinski definition) is 0. The second-order valence-electron chi connectivity index (χ2n) is 5.59. The molecule has 2 aromatic rings. The van der Waals surface area contributed by atoms with E-state index >= 15 is 0 Å². The first-order valence-electron chi connectivity index (χ1n) is 7.18. The van der Waals surface area contributed by atoms with Crippen molar-refractivity contribution in [2.75, 3.05) is 38.1 Å². The Morgan fingerprint density at radius 1 is 1.00 bits per heavy atom. The van der Waals surface area contributed by atoms with E-state index in [-0.39, 0.29) is 0 Å². The van der Waals surface area contributed by atoms with Gasteiger partial charge in [-0.3, -0.25) is 4.57 Å². The Kier molecular flexibility index (Phi) is 3.87. The third-order valence-electron chi connectivity index (χ3n) is 3.97. The minimum Gasteiger partial charge on any atom is -0.354 e. The summed E-state index contributed by atoms with van der Waals surface area (Å²) in [6.45, 7) is 8.11. The van der Waals surface area contributed by atoms with Crippen LogP contribution in [0.1, 0.15) is 11.4 Å². The molecule has 0 aliphatic carbocycles. The third-order valence-corrected chi connectivity index (χ3v) is 4.16. The van der Waals surface area contributed by atoms with Crippen molar-refractivity contribution < 1.29 is 0 Å². The molecule has 1 aliphatic heterocycles. The van der Waals surface area contributed by atoms with Crippen LogP contribution in [0.2, 0.25) is 5.15 Å². The van der Waals surface area contributed by atoms with Crippen molar-refractivity contribution in [3.8, 4) is 5.95 Å². The van der Waals surface area contributed by atoms with E-state index in [1.807, 2.05) is 24.5 Å². The van der Waals surface area contributed by atoms with Gasteiger partial charge in [0.05, 0.1) is 0 Å². The lowest BCUT2D eigenvalue weighted by atomic mass is 10.3. The molecule has 112 valence electrons. The van der Waals surface area contributed by atoms with Crippen LogP contribution in [-0.4, -0.2) is 52.7 Å². The highest BCUT2D eigenvalue weighted by molar-refractivity contribution is 6.29. The van der Waals surface area contributed by atoms with Crippen LogP contribution in [0.4, 0.5) is 5.82 Å². The average molecular weight is 306 g/mol. The number of nitrogens with zero attached hydrogens (tertiary/aromatic N) is 5. The first-order valence-corrected chi connectivity index (χ1v) is 7.56. The van der Waals surface area contributed by atoms with Gasteiger partial charge in [0.25, 0.3) is 0 Å². The van der Waals surface area contributed by atoms with Crippen molar-refractivity contribution in [3.63, 3.8) is 0 Å². The van der Waals surface area contributed by atoms with Gasteiger partial charge in [-0.05, 0) is 33.0 Å². The Morgan fingerprint density at radius 2 is 1.62 bits per heavy atom. The highest BCUT2D eigenvalue weighted by atomic mass is 35.5. The normalized spacial score (nSPS) is 16.5. The maximum absolute atomic E-state index is 6.22. The van der Waals surface area contributed by atoms with Gasteiger partial charge < -0.3 is 9.80 Å². The van der Waals surface area contributed by atoms with E-state index in [0.29, 0.717) is 11.1 Å². The molecule has 0 bridgehead atoms. The fraction of sp³-hybridized carbons (Fsp3) is 0.467. The van der Waals surface area contributed by atoms with Gasteiger partial charge in [-0.25, -0.2) is 4.98 Å². The molecule has 0 radical (unpaired) electrons. The van der Waals surface area contributed by atoms with Crippen LogP contribution in [-0.2, 0) is 0 Å². The summed E-state index contributed by atoms with van der Waals surface area (Å²) >= 11 is 6.22. The zero-order valence-corrected chi connectivity index (χ0v) is 13.4. The fourth-order valence-corrected chi connectivity index (χ4v) is 2.85. The Balaban J connectivity index is 1.97. The Hall–Kier alpha value is -1.59. The quantitative estimate of drug-likeness (QED) is 0.798. The first kappa shape index (κ1) is 14.4. The molecule has 0 saturated carbocycles. The number of rotatable bonds is 2. The molecule has 6 heteroatoms. The van der Waals surface area contributed by atoms with Crippen molar-refractivity contribution >= 4 is 17.4 Å². The lowest BCUT2D eigenvalue weighted by Gasteiger charge is -2.33. The first-order chi connectivity index (χ1) is 10.0. The number of piperazine rings is 1. The number of aryl methyl sites for hydroxylation is 2. The monoisotopic (exact) mass is 305 g/mol. The van der Waals surface area contributed by atoms with Gasteiger partial charge in [-0.2, -0.15) is 4.98 Å². The zero-order valence-electron chi connectivity index (χ0n) is 12.7. The molecule has 0 N–H and O–H groups in total. The van der Waals surface area contributed by atoms with E-state index < -0.39 is 0 Å². The fourth-order valence-electron chi connectivity index (χ4n) is 2.68. The van der Waals surface area contributed by atoms with Crippen molar-refractivity contribution in [3.05, 3.63) is 34.7 Å². The smallest absolute Gasteiger partial charge is 0.237 e. The van der Waals surface area contributed by atoms with Crippen molar-refractivity contribution in [1.82, 2.24) is 19.4 Å². The third kappa shape index (κ3) is 2.89. The highest BCUT2D eigenvalue weighted by Crippen LogP contribution is 2.21. The molecular weight excluding hydrogens is 286 g/mol. The number of aromatic nitrogens is 3. The lowest BCUT2D eigenvalue weighted by Crippen LogP contribution is -2.44. The van der Waals surface area contributed by atoms with Gasteiger partial charge in [0.15, 0.2) is 0 Å². The predicted molar refractivity (Wildman–Crippen MR) is 85.6 cm³/mol. The summed E-state index contributed by atoms with van der Waals surface area (Å²) in [6.07, 6.45) is 0. The van der Waals surface area contributed by atoms with Gasteiger partial charge in [0.2, 0.25) is 5.95 Å². The zero-order chi connectivity index (χ0) is 15.0. The molecule has 5 nitrogen and oxygen atoms in total. The van der Waals surface area contributed by atoms with Crippen LogP contribution >= 0.6 is 11.6 Å². The van der Waals surface area contributed by atoms with Crippen LogP contribution in [0.15, 0.2) is 18.2 Å². The SMILES string of the molecule is Cc1ccc(C)n1-c1nc(Cl)cc(N2CCN(C)CC2)n1. The van der Waals surface area contributed by atoms with Crippen molar-refractivity contribution in [1.29, 1.82) is 0 Å². The number of hydrogen-bond acceptors (Lipinski definition) is 4. The Labute approximate surface area is 130 Å². The summed E-state index contributed by atoms with van der Waals surface area (Å²) in [4.78, 5) is 13.7. The minimum atomic E-state index is 0.487. The van der Waals surface area contributed by atoms with Gasteiger partial charge in [-0.1, -0.05) is 11.6 Å². The van der Waals surface area contributed by atoms with Gasteiger partial charge in [-0.15, -0.1) is 0 Å². The second-order valence-corrected chi connectivity index (χ2v) is 5.98.